The van der Waals surface area contributed by atoms with E-state index in [2.05, 4.69) is 29.1 Å². The molecular weight excluding hydrogens is 300 g/mol. The van der Waals surface area contributed by atoms with E-state index < -0.39 is 5.82 Å². The minimum absolute atomic E-state index is 0.0135. The van der Waals surface area contributed by atoms with Gasteiger partial charge in [-0.25, -0.2) is 9.37 Å². The fourth-order valence-corrected chi connectivity index (χ4v) is 2.32. The maximum absolute atomic E-state index is 13.5. The van der Waals surface area contributed by atoms with Crippen LogP contribution >= 0.6 is 23.2 Å². The highest BCUT2D eigenvalue weighted by Gasteiger charge is 2.11. The summed E-state index contributed by atoms with van der Waals surface area (Å²) >= 11 is 11.8. The molecule has 20 heavy (non-hydrogen) atoms. The summed E-state index contributed by atoms with van der Waals surface area (Å²) in [4.78, 5) is 7.42. The second kappa shape index (κ2) is 6.57. The van der Waals surface area contributed by atoms with E-state index >= 15 is 0 Å². The monoisotopic (exact) mass is 315 g/mol. The quantitative estimate of drug-likeness (QED) is 0.817. The zero-order valence-electron chi connectivity index (χ0n) is 11.3. The van der Waals surface area contributed by atoms with Crippen LogP contribution in [0.15, 0.2) is 18.3 Å². The van der Waals surface area contributed by atoms with Crippen LogP contribution in [-0.2, 0) is 6.42 Å². The van der Waals surface area contributed by atoms with Crippen LogP contribution in [0.5, 0.6) is 0 Å². The number of H-pyrrole nitrogens is 1. The molecule has 0 atom stereocenters. The Balaban J connectivity index is 2.14. The molecule has 0 amide bonds. The average molecular weight is 316 g/mol. The lowest BCUT2D eigenvalue weighted by Crippen LogP contribution is -2.25. The first kappa shape index (κ1) is 15.3. The van der Waals surface area contributed by atoms with Gasteiger partial charge in [0.05, 0.1) is 21.9 Å². The largest absolute Gasteiger partial charge is 0.342 e. The summed E-state index contributed by atoms with van der Waals surface area (Å²) in [6.07, 6.45) is 2.42. The van der Waals surface area contributed by atoms with Crippen molar-refractivity contribution in [2.75, 3.05) is 6.54 Å². The predicted octanol–water partition coefficient (Wildman–Crippen LogP) is 4.06. The Kier molecular flexibility index (Phi) is 5.02. The number of aromatic nitrogens is 2. The summed E-state index contributed by atoms with van der Waals surface area (Å²) in [6, 6.07) is 3.15. The number of rotatable bonds is 5. The highest BCUT2D eigenvalue weighted by atomic mass is 35.5. The Morgan fingerprint density at radius 3 is 2.75 bits per heavy atom. The SMILES string of the molecule is CC(C)NCCc1ncc(-c2cc(F)c(Cl)cc2Cl)[nH]1. The Labute approximate surface area is 127 Å². The molecule has 0 fully saturated rings. The van der Waals surface area contributed by atoms with Crippen molar-refractivity contribution in [3.05, 3.63) is 40.0 Å². The highest BCUT2D eigenvalue weighted by Crippen LogP contribution is 2.31. The number of nitrogens with zero attached hydrogens (tertiary/aromatic N) is 1. The number of hydrogen-bond acceptors (Lipinski definition) is 2. The van der Waals surface area contributed by atoms with Crippen LogP contribution < -0.4 is 5.32 Å². The van der Waals surface area contributed by atoms with Gasteiger partial charge in [-0.2, -0.15) is 0 Å². The molecule has 1 aromatic heterocycles. The lowest BCUT2D eigenvalue weighted by molar-refractivity contribution is 0.584. The van der Waals surface area contributed by atoms with E-state index in [0.717, 1.165) is 18.8 Å². The zero-order chi connectivity index (χ0) is 14.7. The molecule has 0 saturated carbocycles. The number of imidazole rings is 1. The fraction of sp³-hybridized carbons (Fsp3) is 0.357. The van der Waals surface area contributed by atoms with Gasteiger partial charge in [0.15, 0.2) is 0 Å². The van der Waals surface area contributed by atoms with E-state index in [9.17, 15) is 4.39 Å². The lowest BCUT2D eigenvalue weighted by atomic mass is 10.1. The van der Waals surface area contributed by atoms with E-state index in [1.807, 2.05) is 0 Å². The molecule has 0 bridgehead atoms. The second-order valence-electron chi connectivity index (χ2n) is 4.85. The van der Waals surface area contributed by atoms with Gasteiger partial charge < -0.3 is 10.3 Å². The van der Waals surface area contributed by atoms with Crippen molar-refractivity contribution in [1.82, 2.24) is 15.3 Å². The summed E-state index contributed by atoms with van der Waals surface area (Å²) in [5.74, 6) is 0.336. The summed E-state index contributed by atoms with van der Waals surface area (Å²) in [5.41, 5.74) is 1.24. The van der Waals surface area contributed by atoms with Crippen molar-refractivity contribution in [2.24, 2.45) is 0 Å². The minimum Gasteiger partial charge on any atom is -0.342 e. The van der Waals surface area contributed by atoms with E-state index in [0.29, 0.717) is 22.3 Å². The van der Waals surface area contributed by atoms with Crippen LogP contribution in [-0.4, -0.2) is 22.6 Å². The lowest BCUT2D eigenvalue weighted by Gasteiger charge is -2.06. The van der Waals surface area contributed by atoms with Crippen LogP contribution in [0.1, 0.15) is 19.7 Å². The summed E-state index contributed by atoms with van der Waals surface area (Å²) in [7, 11) is 0. The summed E-state index contributed by atoms with van der Waals surface area (Å²) in [6.45, 7) is 5.00. The van der Waals surface area contributed by atoms with Crippen molar-refractivity contribution < 1.29 is 4.39 Å². The van der Waals surface area contributed by atoms with Gasteiger partial charge in [-0.3, -0.25) is 0 Å². The van der Waals surface area contributed by atoms with Gasteiger partial charge in [0.2, 0.25) is 0 Å². The topological polar surface area (TPSA) is 40.7 Å². The molecule has 0 aliphatic heterocycles. The first-order valence-electron chi connectivity index (χ1n) is 6.39. The first-order valence-corrected chi connectivity index (χ1v) is 7.15. The number of hydrogen-bond donors (Lipinski definition) is 2. The standard InChI is InChI=1S/C14H16Cl2FN3/c1-8(2)18-4-3-14-19-7-13(20-14)9-5-12(17)11(16)6-10(9)15/h5-8,18H,3-4H2,1-2H3,(H,19,20). The van der Waals surface area contributed by atoms with Gasteiger partial charge in [-0.15, -0.1) is 0 Å². The number of aromatic amines is 1. The van der Waals surface area contributed by atoms with Crippen molar-refractivity contribution in [2.45, 2.75) is 26.3 Å². The molecule has 0 aliphatic carbocycles. The Bertz CT molecular complexity index is 596. The van der Waals surface area contributed by atoms with Gasteiger partial charge in [0.1, 0.15) is 11.6 Å². The molecule has 108 valence electrons. The van der Waals surface area contributed by atoms with Crippen molar-refractivity contribution in [3.8, 4) is 11.3 Å². The zero-order valence-corrected chi connectivity index (χ0v) is 12.8. The maximum Gasteiger partial charge on any atom is 0.142 e. The van der Waals surface area contributed by atoms with Gasteiger partial charge in [-0.05, 0) is 12.1 Å². The minimum atomic E-state index is -0.497. The maximum atomic E-state index is 13.5. The van der Waals surface area contributed by atoms with E-state index in [1.54, 1.807) is 6.20 Å². The van der Waals surface area contributed by atoms with E-state index in [-0.39, 0.29) is 5.02 Å². The number of halogens is 3. The third-order valence-electron chi connectivity index (χ3n) is 2.84. The summed E-state index contributed by atoms with van der Waals surface area (Å²) in [5, 5.41) is 3.72. The fourth-order valence-electron chi connectivity index (χ4n) is 1.83. The Hall–Kier alpha value is -1.10. The van der Waals surface area contributed by atoms with Gasteiger partial charge in [0, 0.05) is 24.6 Å². The molecule has 0 saturated heterocycles. The van der Waals surface area contributed by atoms with Gasteiger partial charge >= 0.3 is 0 Å². The van der Waals surface area contributed by atoms with Gasteiger partial charge in [-0.1, -0.05) is 37.0 Å². The Morgan fingerprint density at radius 2 is 2.05 bits per heavy atom. The molecule has 0 aliphatic rings. The van der Waals surface area contributed by atoms with Crippen LogP contribution in [0.3, 0.4) is 0 Å². The van der Waals surface area contributed by atoms with Crippen LogP contribution in [0.4, 0.5) is 4.39 Å². The highest BCUT2D eigenvalue weighted by molar-refractivity contribution is 6.36. The first-order chi connectivity index (χ1) is 9.47. The molecule has 6 heteroatoms. The van der Waals surface area contributed by atoms with Crippen molar-refractivity contribution >= 4 is 23.2 Å². The van der Waals surface area contributed by atoms with Crippen LogP contribution in [0.2, 0.25) is 10.0 Å². The van der Waals surface area contributed by atoms with E-state index in [4.69, 9.17) is 23.2 Å². The predicted molar refractivity (Wildman–Crippen MR) is 80.8 cm³/mol. The third-order valence-corrected chi connectivity index (χ3v) is 3.45. The molecule has 0 radical (unpaired) electrons. The molecule has 2 N–H and O–H groups in total. The molecule has 2 rings (SSSR count). The third kappa shape index (κ3) is 3.72. The molecule has 3 nitrogen and oxygen atoms in total. The molecular formula is C14H16Cl2FN3. The number of nitrogens with one attached hydrogen (secondary N) is 2. The van der Waals surface area contributed by atoms with E-state index in [1.165, 1.54) is 12.1 Å². The molecule has 2 aromatic rings. The van der Waals surface area contributed by atoms with Crippen LogP contribution in [0.25, 0.3) is 11.3 Å². The smallest absolute Gasteiger partial charge is 0.142 e. The van der Waals surface area contributed by atoms with Crippen LogP contribution in [0, 0.1) is 5.82 Å². The van der Waals surface area contributed by atoms with Crippen molar-refractivity contribution in [1.29, 1.82) is 0 Å². The molecule has 1 heterocycles. The molecule has 1 aromatic carbocycles. The molecule has 0 unspecified atom stereocenters. The van der Waals surface area contributed by atoms with Gasteiger partial charge in [0.25, 0.3) is 0 Å². The summed E-state index contributed by atoms with van der Waals surface area (Å²) < 4.78 is 13.5. The second-order valence-corrected chi connectivity index (χ2v) is 5.66. The molecule has 0 spiro atoms. The normalized spacial score (nSPS) is 11.3. The van der Waals surface area contributed by atoms with Crippen molar-refractivity contribution in [3.63, 3.8) is 0 Å². The number of benzene rings is 1. The Morgan fingerprint density at radius 1 is 1.30 bits per heavy atom. The average Bonchev–Trinajstić information content (AvgIpc) is 2.82.